The lowest BCUT2D eigenvalue weighted by molar-refractivity contribution is 0.0306. The first-order valence-corrected chi connectivity index (χ1v) is 8.73. The van der Waals surface area contributed by atoms with E-state index in [-0.39, 0.29) is 5.54 Å². The Balaban J connectivity index is 1.99. The Morgan fingerprint density at radius 2 is 1.61 bits per heavy atom. The van der Waals surface area contributed by atoms with Gasteiger partial charge in [-0.1, -0.05) is 19.3 Å². The molecule has 0 aromatic carbocycles. The number of hydrogen-bond donors (Lipinski definition) is 1. The quantitative estimate of drug-likeness (QED) is 0.800. The van der Waals surface area contributed by atoms with Crippen molar-refractivity contribution in [1.29, 1.82) is 0 Å². The Bertz CT molecular complexity index is 369. The fourth-order valence-corrected chi connectivity index (χ4v) is 4.18. The van der Waals surface area contributed by atoms with Crippen molar-refractivity contribution in [1.82, 2.24) is 9.21 Å². The van der Waals surface area contributed by atoms with E-state index >= 15 is 0 Å². The van der Waals surface area contributed by atoms with E-state index in [9.17, 15) is 8.42 Å². The molecule has 106 valence electrons. The summed E-state index contributed by atoms with van der Waals surface area (Å²) in [5.41, 5.74) is 6.16. The average molecular weight is 275 g/mol. The van der Waals surface area contributed by atoms with Gasteiger partial charge in [0.1, 0.15) is 0 Å². The van der Waals surface area contributed by atoms with E-state index in [4.69, 9.17) is 5.73 Å². The summed E-state index contributed by atoms with van der Waals surface area (Å²) in [6, 6.07) is 0. The molecule has 1 saturated carbocycles. The van der Waals surface area contributed by atoms with Gasteiger partial charge in [0.2, 0.25) is 10.0 Å². The average Bonchev–Trinajstić information content (AvgIpc) is 2.39. The van der Waals surface area contributed by atoms with E-state index in [1.165, 1.54) is 38.4 Å². The lowest BCUT2D eigenvalue weighted by atomic mass is 9.80. The highest BCUT2D eigenvalue weighted by Gasteiger charge is 2.39. The zero-order valence-electron chi connectivity index (χ0n) is 11.3. The summed E-state index contributed by atoms with van der Waals surface area (Å²) in [5.74, 6) is 0. The van der Waals surface area contributed by atoms with Crippen molar-refractivity contribution in [3.63, 3.8) is 0 Å². The minimum atomic E-state index is -3.03. The molecule has 18 heavy (non-hydrogen) atoms. The van der Waals surface area contributed by atoms with Crippen LogP contribution < -0.4 is 5.73 Å². The van der Waals surface area contributed by atoms with Gasteiger partial charge in [-0.2, -0.15) is 4.31 Å². The molecule has 0 radical (unpaired) electrons. The molecule has 2 rings (SSSR count). The van der Waals surface area contributed by atoms with Gasteiger partial charge in [-0.3, -0.25) is 4.90 Å². The highest BCUT2D eigenvalue weighted by Crippen LogP contribution is 2.33. The molecule has 0 atom stereocenters. The van der Waals surface area contributed by atoms with E-state index in [2.05, 4.69) is 4.90 Å². The van der Waals surface area contributed by atoms with Gasteiger partial charge in [0.05, 0.1) is 6.26 Å². The molecule has 2 fully saturated rings. The Labute approximate surface area is 110 Å². The largest absolute Gasteiger partial charge is 0.329 e. The van der Waals surface area contributed by atoms with Gasteiger partial charge in [0.25, 0.3) is 0 Å². The van der Waals surface area contributed by atoms with Crippen LogP contribution in [0.4, 0.5) is 0 Å². The molecule has 2 N–H and O–H groups in total. The lowest BCUT2D eigenvalue weighted by Crippen LogP contribution is -2.61. The van der Waals surface area contributed by atoms with Crippen molar-refractivity contribution >= 4 is 10.0 Å². The van der Waals surface area contributed by atoms with Gasteiger partial charge < -0.3 is 5.73 Å². The normalized spacial score (nSPS) is 27.2. The zero-order chi connectivity index (χ0) is 13.2. The van der Waals surface area contributed by atoms with Crippen LogP contribution in [0.1, 0.15) is 32.1 Å². The van der Waals surface area contributed by atoms with Gasteiger partial charge in [0, 0.05) is 38.3 Å². The van der Waals surface area contributed by atoms with Crippen molar-refractivity contribution in [3.8, 4) is 0 Å². The number of nitrogens with two attached hydrogens (primary N) is 1. The van der Waals surface area contributed by atoms with Crippen molar-refractivity contribution in [2.24, 2.45) is 5.73 Å². The summed E-state index contributed by atoms with van der Waals surface area (Å²) in [5, 5.41) is 0. The van der Waals surface area contributed by atoms with Gasteiger partial charge in [-0.25, -0.2) is 8.42 Å². The second-order valence-electron chi connectivity index (χ2n) is 5.64. The SMILES string of the molecule is CS(=O)(=O)N1CCN(C2(CN)CCCCC2)CC1. The molecular weight excluding hydrogens is 250 g/mol. The summed E-state index contributed by atoms with van der Waals surface area (Å²) < 4.78 is 24.6. The van der Waals surface area contributed by atoms with E-state index in [0.717, 1.165) is 13.1 Å². The van der Waals surface area contributed by atoms with Crippen LogP contribution in [0.5, 0.6) is 0 Å². The highest BCUT2D eigenvalue weighted by molar-refractivity contribution is 7.88. The third-order valence-electron chi connectivity index (χ3n) is 4.54. The molecule has 0 aromatic heterocycles. The maximum absolute atomic E-state index is 11.5. The molecule has 0 spiro atoms. The van der Waals surface area contributed by atoms with Gasteiger partial charge in [-0.15, -0.1) is 0 Å². The van der Waals surface area contributed by atoms with Crippen LogP contribution in [0, 0.1) is 0 Å². The minimum Gasteiger partial charge on any atom is -0.329 e. The predicted molar refractivity (Wildman–Crippen MR) is 72.9 cm³/mol. The van der Waals surface area contributed by atoms with E-state index in [1.54, 1.807) is 4.31 Å². The molecule has 0 aromatic rings. The molecule has 0 bridgehead atoms. The third kappa shape index (κ3) is 2.87. The maximum atomic E-state index is 11.5. The first-order valence-electron chi connectivity index (χ1n) is 6.88. The lowest BCUT2D eigenvalue weighted by Gasteiger charge is -2.49. The summed E-state index contributed by atoms with van der Waals surface area (Å²) in [6.07, 6.45) is 7.45. The molecule has 1 aliphatic heterocycles. The summed E-state index contributed by atoms with van der Waals surface area (Å²) in [7, 11) is -3.03. The first kappa shape index (κ1) is 14.2. The summed E-state index contributed by atoms with van der Waals surface area (Å²) >= 11 is 0. The second-order valence-corrected chi connectivity index (χ2v) is 7.62. The third-order valence-corrected chi connectivity index (χ3v) is 5.85. The van der Waals surface area contributed by atoms with Gasteiger partial charge in [-0.05, 0) is 12.8 Å². The number of hydrogen-bond acceptors (Lipinski definition) is 4. The molecule has 0 unspecified atom stereocenters. The number of sulfonamides is 1. The van der Waals surface area contributed by atoms with Crippen LogP contribution in [0.25, 0.3) is 0 Å². The summed E-state index contributed by atoms with van der Waals surface area (Å²) in [6.45, 7) is 3.57. The number of nitrogens with zero attached hydrogens (tertiary/aromatic N) is 2. The second kappa shape index (κ2) is 5.45. The Morgan fingerprint density at radius 3 is 2.06 bits per heavy atom. The standard InChI is InChI=1S/C12H25N3O2S/c1-18(16,17)15-9-7-14(8-10-15)12(11-13)5-3-2-4-6-12/h2-11,13H2,1H3. The first-order chi connectivity index (χ1) is 8.48. The Kier molecular flexibility index (Phi) is 4.31. The highest BCUT2D eigenvalue weighted by atomic mass is 32.2. The summed E-state index contributed by atoms with van der Waals surface area (Å²) in [4.78, 5) is 2.44. The number of piperazine rings is 1. The molecule has 1 heterocycles. The van der Waals surface area contributed by atoms with Gasteiger partial charge in [0.15, 0.2) is 0 Å². The van der Waals surface area contributed by atoms with Crippen LogP contribution in [0.2, 0.25) is 0 Å². The van der Waals surface area contributed by atoms with Crippen molar-refractivity contribution in [2.75, 3.05) is 39.0 Å². The van der Waals surface area contributed by atoms with Crippen LogP contribution in [0.3, 0.4) is 0 Å². The zero-order valence-corrected chi connectivity index (χ0v) is 12.1. The Hall–Kier alpha value is -0.170. The minimum absolute atomic E-state index is 0.141. The molecule has 0 amide bonds. The van der Waals surface area contributed by atoms with Crippen molar-refractivity contribution in [2.45, 2.75) is 37.6 Å². The van der Waals surface area contributed by atoms with E-state index in [1.807, 2.05) is 0 Å². The molecular formula is C12H25N3O2S. The smallest absolute Gasteiger partial charge is 0.211 e. The van der Waals surface area contributed by atoms with Crippen molar-refractivity contribution in [3.05, 3.63) is 0 Å². The molecule has 6 heteroatoms. The van der Waals surface area contributed by atoms with Crippen LogP contribution >= 0.6 is 0 Å². The molecule has 2 aliphatic rings. The maximum Gasteiger partial charge on any atom is 0.211 e. The van der Waals surface area contributed by atoms with E-state index < -0.39 is 10.0 Å². The van der Waals surface area contributed by atoms with Crippen LogP contribution in [0.15, 0.2) is 0 Å². The monoisotopic (exact) mass is 275 g/mol. The number of rotatable bonds is 3. The van der Waals surface area contributed by atoms with Crippen molar-refractivity contribution < 1.29 is 8.42 Å². The van der Waals surface area contributed by atoms with Crippen LogP contribution in [-0.4, -0.2) is 62.1 Å². The molecule has 1 saturated heterocycles. The molecule has 5 nitrogen and oxygen atoms in total. The molecule has 1 aliphatic carbocycles. The fraction of sp³-hybridized carbons (Fsp3) is 1.00. The van der Waals surface area contributed by atoms with E-state index in [0.29, 0.717) is 19.6 Å². The van der Waals surface area contributed by atoms with Gasteiger partial charge >= 0.3 is 0 Å². The van der Waals surface area contributed by atoms with Crippen LogP contribution in [-0.2, 0) is 10.0 Å². The topological polar surface area (TPSA) is 66.6 Å². The Morgan fingerprint density at radius 1 is 1.06 bits per heavy atom. The fourth-order valence-electron chi connectivity index (χ4n) is 3.35. The predicted octanol–water partition coefficient (Wildman–Crippen LogP) is 0.225.